The maximum atomic E-state index is 12.4. The minimum Gasteiger partial charge on any atom is -0.384 e. The van der Waals surface area contributed by atoms with Gasteiger partial charge in [-0.15, -0.1) is 0 Å². The summed E-state index contributed by atoms with van der Waals surface area (Å²) in [6.45, 7) is 3.32. The molecule has 0 aliphatic heterocycles. The number of pyridine rings is 1. The maximum absolute atomic E-state index is 12.4. The third-order valence-electron chi connectivity index (χ3n) is 3.66. The molecule has 0 unspecified atom stereocenters. The quantitative estimate of drug-likeness (QED) is 0.571. The Morgan fingerprint density at radius 2 is 1.76 bits per heavy atom. The highest BCUT2D eigenvalue weighted by atomic mass is 16.1. The molecule has 1 aromatic heterocycles. The van der Waals surface area contributed by atoms with Crippen molar-refractivity contribution in [3.05, 3.63) is 53.9 Å². The molecule has 0 radical (unpaired) electrons. The van der Waals surface area contributed by atoms with Gasteiger partial charge in [0.05, 0.1) is 11.3 Å². The Kier molecular flexibility index (Phi) is 6.65. The number of nitrogens with zero attached hydrogens (tertiary/aromatic N) is 2. The van der Waals surface area contributed by atoms with E-state index in [1.54, 1.807) is 36.5 Å². The fourth-order valence-electron chi connectivity index (χ4n) is 2.28. The van der Waals surface area contributed by atoms with Gasteiger partial charge in [-0.1, -0.05) is 0 Å². The molecule has 2 N–H and O–H groups in total. The second kappa shape index (κ2) is 8.94. The SMILES string of the molecule is CC(=O)c1ccc(NC(=O)c2cncc(NCCCN(C)C)c2)cc1. The van der Waals surface area contributed by atoms with Crippen LogP contribution in [0.4, 0.5) is 11.4 Å². The number of hydrogen-bond donors (Lipinski definition) is 2. The van der Waals surface area contributed by atoms with Gasteiger partial charge in [0.15, 0.2) is 5.78 Å². The van der Waals surface area contributed by atoms with Crippen LogP contribution in [0.25, 0.3) is 0 Å². The predicted molar refractivity (Wildman–Crippen MR) is 100 cm³/mol. The summed E-state index contributed by atoms with van der Waals surface area (Å²) in [6.07, 6.45) is 4.24. The zero-order valence-electron chi connectivity index (χ0n) is 14.9. The minimum absolute atomic E-state index is 0.00452. The van der Waals surface area contributed by atoms with E-state index in [9.17, 15) is 9.59 Å². The number of Topliss-reactive ketones (excluding diaryl/α,β-unsaturated/α-hetero) is 1. The van der Waals surface area contributed by atoms with Crippen molar-refractivity contribution in [1.29, 1.82) is 0 Å². The van der Waals surface area contributed by atoms with Crippen molar-refractivity contribution in [1.82, 2.24) is 9.88 Å². The molecule has 0 spiro atoms. The highest BCUT2D eigenvalue weighted by Crippen LogP contribution is 2.13. The number of rotatable bonds is 8. The van der Waals surface area contributed by atoms with Crippen molar-refractivity contribution >= 4 is 23.1 Å². The number of carbonyl (C=O) groups excluding carboxylic acids is 2. The van der Waals surface area contributed by atoms with E-state index in [1.165, 1.54) is 13.1 Å². The predicted octanol–water partition coefficient (Wildman–Crippen LogP) is 2.90. The van der Waals surface area contributed by atoms with Crippen molar-refractivity contribution in [3.8, 4) is 0 Å². The first-order valence-corrected chi connectivity index (χ1v) is 8.21. The lowest BCUT2D eigenvalue weighted by molar-refractivity contribution is 0.101. The van der Waals surface area contributed by atoms with E-state index < -0.39 is 0 Å². The number of ketones is 1. The molecule has 132 valence electrons. The van der Waals surface area contributed by atoms with Crippen molar-refractivity contribution in [2.24, 2.45) is 0 Å². The van der Waals surface area contributed by atoms with Crippen LogP contribution in [0, 0.1) is 0 Å². The van der Waals surface area contributed by atoms with Crippen molar-refractivity contribution < 1.29 is 9.59 Å². The number of carbonyl (C=O) groups is 2. The summed E-state index contributed by atoms with van der Waals surface area (Å²) in [7, 11) is 4.07. The number of benzene rings is 1. The van der Waals surface area contributed by atoms with Gasteiger partial charge < -0.3 is 15.5 Å². The third kappa shape index (κ3) is 6.00. The fraction of sp³-hybridized carbons (Fsp3) is 0.316. The zero-order valence-corrected chi connectivity index (χ0v) is 14.9. The van der Waals surface area contributed by atoms with Crippen LogP contribution in [0.2, 0.25) is 0 Å². The summed E-state index contributed by atoms with van der Waals surface area (Å²) in [5.41, 5.74) is 2.55. The lowest BCUT2D eigenvalue weighted by Crippen LogP contribution is -2.17. The Morgan fingerprint density at radius 1 is 1.04 bits per heavy atom. The molecule has 1 aromatic carbocycles. The van der Waals surface area contributed by atoms with E-state index in [2.05, 4.69) is 20.5 Å². The first-order chi connectivity index (χ1) is 12.0. The summed E-state index contributed by atoms with van der Waals surface area (Å²) < 4.78 is 0. The van der Waals surface area contributed by atoms with E-state index in [4.69, 9.17) is 0 Å². The molecule has 0 saturated carbocycles. The summed E-state index contributed by atoms with van der Waals surface area (Å²) >= 11 is 0. The maximum Gasteiger partial charge on any atom is 0.257 e. The van der Waals surface area contributed by atoms with E-state index in [0.29, 0.717) is 16.8 Å². The zero-order chi connectivity index (χ0) is 18.2. The summed E-state index contributed by atoms with van der Waals surface area (Å²) in [5, 5.41) is 6.08. The van der Waals surface area contributed by atoms with E-state index in [-0.39, 0.29) is 11.7 Å². The molecule has 0 atom stereocenters. The summed E-state index contributed by atoms with van der Waals surface area (Å²) in [6, 6.07) is 8.59. The highest BCUT2D eigenvalue weighted by molar-refractivity contribution is 6.04. The Bertz CT molecular complexity index is 726. The van der Waals surface area contributed by atoms with Gasteiger partial charge in [-0.3, -0.25) is 14.6 Å². The van der Waals surface area contributed by atoms with Gasteiger partial charge in [0.25, 0.3) is 5.91 Å². The molecule has 0 bridgehead atoms. The fourth-order valence-corrected chi connectivity index (χ4v) is 2.28. The van der Waals surface area contributed by atoms with Gasteiger partial charge in [-0.2, -0.15) is 0 Å². The van der Waals surface area contributed by atoms with E-state index in [1.807, 2.05) is 14.1 Å². The second-order valence-corrected chi connectivity index (χ2v) is 6.13. The number of amides is 1. The van der Waals surface area contributed by atoms with Crippen LogP contribution in [0.3, 0.4) is 0 Å². The first-order valence-electron chi connectivity index (χ1n) is 8.21. The molecule has 2 aromatic rings. The second-order valence-electron chi connectivity index (χ2n) is 6.13. The van der Waals surface area contributed by atoms with Crippen molar-refractivity contribution in [2.45, 2.75) is 13.3 Å². The molecule has 6 heteroatoms. The van der Waals surface area contributed by atoms with Crippen LogP contribution < -0.4 is 10.6 Å². The van der Waals surface area contributed by atoms with Gasteiger partial charge >= 0.3 is 0 Å². The molecule has 0 aliphatic rings. The molecule has 0 aliphatic carbocycles. The minimum atomic E-state index is -0.236. The van der Waals surface area contributed by atoms with Crippen LogP contribution in [-0.4, -0.2) is 48.8 Å². The number of hydrogen-bond acceptors (Lipinski definition) is 5. The van der Waals surface area contributed by atoms with Gasteiger partial charge in [0, 0.05) is 30.2 Å². The third-order valence-corrected chi connectivity index (χ3v) is 3.66. The lowest BCUT2D eigenvalue weighted by Gasteiger charge is -2.11. The van der Waals surface area contributed by atoms with Gasteiger partial charge in [-0.25, -0.2) is 0 Å². The summed E-state index contributed by atoms with van der Waals surface area (Å²) in [5.74, 6) is -0.241. The van der Waals surface area contributed by atoms with Crippen LogP contribution in [-0.2, 0) is 0 Å². The number of aromatic nitrogens is 1. The smallest absolute Gasteiger partial charge is 0.257 e. The molecule has 6 nitrogen and oxygen atoms in total. The number of anilines is 2. The lowest BCUT2D eigenvalue weighted by atomic mass is 10.1. The molecule has 1 heterocycles. The summed E-state index contributed by atoms with van der Waals surface area (Å²) in [4.78, 5) is 29.9. The Morgan fingerprint density at radius 3 is 2.40 bits per heavy atom. The molecular formula is C19H24N4O2. The molecule has 1 amide bonds. The Hall–Kier alpha value is -2.73. The molecule has 2 rings (SSSR count). The van der Waals surface area contributed by atoms with Crippen molar-refractivity contribution in [3.63, 3.8) is 0 Å². The van der Waals surface area contributed by atoms with Crippen LogP contribution in [0.15, 0.2) is 42.7 Å². The van der Waals surface area contributed by atoms with Gasteiger partial charge in [0.2, 0.25) is 0 Å². The van der Waals surface area contributed by atoms with Gasteiger partial charge in [0.1, 0.15) is 0 Å². The van der Waals surface area contributed by atoms with Crippen LogP contribution in [0.1, 0.15) is 34.1 Å². The topological polar surface area (TPSA) is 74.3 Å². The monoisotopic (exact) mass is 340 g/mol. The largest absolute Gasteiger partial charge is 0.384 e. The molecular weight excluding hydrogens is 316 g/mol. The average molecular weight is 340 g/mol. The molecule has 0 fully saturated rings. The molecule has 0 saturated heterocycles. The highest BCUT2D eigenvalue weighted by Gasteiger charge is 2.08. The first kappa shape index (κ1) is 18.6. The Balaban J connectivity index is 1.94. The standard InChI is InChI=1S/C19H24N4O2/c1-14(24)15-5-7-17(8-6-15)22-19(25)16-11-18(13-20-12-16)21-9-4-10-23(2)3/h5-8,11-13,21H,4,9-10H2,1-3H3,(H,22,25). The van der Waals surface area contributed by atoms with Crippen LogP contribution >= 0.6 is 0 Å². The average Bonchev–Trinajstić information content (AvgIpc) is 2.59. The van der Waals surface area contributed by atoms with E-state index in [0.717, 1.165) is 25.2 Å². The number of nitrogens with one attached hydrogen (secondary N) is 2. The Labute approximate surface area is 148 Å². The van der Waals surface area contributed by atoms with Gasteiger partial charge in [-0.05, 0) is 64.3 Å². The van der Waals surface area contributed by atoms with Crippen LogP contribution in [0.5, 0.6) is 0 Å². The normalized spacial score (nSPS) is 10.6. The van der Waals surface area contributed by atoms with E-state index >= 15 is 0 Å². The molecule has 25 heavy (non-hydrogen) atoms. The van der Waals surface area contributed by atoms with Crippen molar-refractivity contribution in [2.75, 3.05) is 37.8 Å².